The number of hydrogen-bond donors (Lipinski definition) is 1. The van der Waals surface area contributed by atoms with Crippen LogP contribution in [0.3, 0.4) is 0 Å². The van der Waals surface area contributed by atoms with Crippen molar-refractivity contribution in [1.29, 1.82) is 0 Å². The van der Waals surface area contributed by atoms with E-state index in [0.29, 0.717) is 32.3 Å². The molecular formula is C21H25F3I2N6O. The third kappa shape index (κ3) is 5.81. The molecule has 2 aromatic heterocycles. The van der Waals surface area contributed by atoms with Crippen molar-refractivity contribution in [3.8, 4) is 11.3 Å². The molecule has 12 heteroatoms. The van der Waals surface area contributed by atoms with E-state index in [1.165, 1.54) is 6.20 Å². The van der Waals surface area contributed by atoms with E-state index in [-0.39, 0.29) is 22.5 Å². The molecule has 7 nitrogen and oxygen atoms in total. The number of aromatic nitrogens is 3. The Labute approximate surface area is 218 Å². The van der Waals surface area contributed by atoms with Crippen LogP contribution in [0.25, 0.3) is 11.3 Å². The van der Waals surface area contributed by atoms with Crippen molar-refractivity contribution in [2.24, 2.45) is 0 Å². The zero-order valence-corrected chi connectivity index (χ0v) is 22.2. The van der Waals surface area contributed by atoms with Crippen LogP contribution in [0.2, 0.25) is 0 Å². The minimum Gasteiger partial charge on any atom is -0.384 e. The summed E-state index contributed by atoms with van der Waals surface area (Å²) in [6.45, 7) is 4.03. The third-order valence-electron chi connectivity index (χ3n) is 6.01. The summed E-state index contributed by atoms with van der Waals surface area (Å²) in [6.07, 6.45) is -1.51. The molecule has 33 heavy (non-hydrogen) atoms. The molecular weight excluding hydrogens is 663 g/mol. The van der Waals surface area contributed by atoms with Crippen molar-refractivity contribution in [3.63, 3.8) is 0 Å². The summed E-state index contributed by atoms with van der Waals surface area (Å²) in [6, 6.07) is 2.59. The Morgan fingerprint density at radius 3 is 2.48 bits per heavy atom. The molecule has 4 rings (SSSR count). The second kappa shape index (κ2) is 10.3. The zero-order chi connectivity index (χ0) is 23.6. The Balaban J connectivity index is 1.80. The average Bonchev–Trinajstić information content (AvgIpc) is 3.59. The maximum atomic E-state index is 13.9. The summed E-state index contributed by atoms with van der Waals surface area (Å²) in [4.78, 5) is 17.7. The van der Waals surface area contributed by atoms with E-state index in [9.17, 15) is 13.2 Å². The van der Waals surface area contributed by atoms with Gasteiger partial charge in [0.1, 0.15) is 5.82 Å². The maximum Gasteiger partial charge on any atom is 0.417 e. The third-order valence-corrected chi connectivity index (χ3v) is 7.45. The van der Waals surface area contributed by atoms with Gasteiger partial charge in [-0.05, 0) is 25.0 Å². The number of halogens is 5. The molecule has 0 atom stereocenters. The van der Waals surface area contributed by atoms with Gasteiger partial charge in [-0.1, -0.05) is 45.2 Å². The molecule has 2 N–H and O–H groups in total. The molecule has 0 amide bonds. The minimum atomic E-state index is -4.58. The summed E-state index contributed by atoms with van der Waals surface area (Å²) < 4.78 is 48.9. The number of anilines is 2. The molecule has 180 valence electrons. The van der Waals surface area contributed by atoms with E-state index < -0.39 is 11.7 Å². The second-order valence-corrected chi connectivity index (χ2v) is 10.1. The number of hydrogen-bond acceptors (Lipinski definition) is 7. The van der Waals surface area contributed by atoms with Crippen LogP contribution in [-0.4, -0.2) is 68.2 Å². The smallest absolute Gasteiger partial charge is 0.384 e. The molecule has 3 heterocycles. The first-order valence-corrected chi connectivity index (χ1v) is 13.7. The number of morpholine rings is 1. The Bertz CT molecular complexity index is 983. The van der Waals surface area contributed by atoms with Crippen molar-refractivity contribution < 1.29 is 17.9 Å². The van der Waals surface area contributed by atoms with Crippen LogP contribution in [0.1, 0.15) is 24.1 Å². The predicted octanol–water partition coefficient (Wildman–Crippen LogP) is 4.14. The van der Waals surface area contributed by atoms with Crippen molar-refractivity contribution in [2.45, 2.75) is 24.4 Å². The van der Waals surface area contributed by atoms with Crippen molar-refractivity contribution >= 4 is 56.9 Å². The van der Waals surface area contributed by atoms with Gasteiger partial charge >= 0.3 is 6.18 Å². The van der Waals surface area contributed by atoms with Gasteiger partial charge < -0.3 is 15.4 Å². The standard InChI is InChI=1S/C21H25F3I2N6O/c22-21(23,24)15-9-18(27)28-11-14(15)16-10-17(20(1-2-20)12-31(13-26)4-3-25)30-19(29-16)32-5-7-33-8-6-32/h9-11H,1-8,12-13H2,(H2,27,28). The van der Waals surface area contributed by atoms with Crippen LogP contribution < -0.4 is 10.6 Å². The van der Waals surface area contributed by atoms with Gasteiger partial charge in [0.15, 0.2) is 0 Å². The summed E-state index contributed by atoms with van der Waals surface area (Å²) in [7, 11) is 0. The fraction of sp³-hybridized carbons (Fsp3) is 0.571. The Morgan fingerprint density at radius 1 is 1.15 bits per heavy atom. The highest BCUT2D eigenvalue weighted by atomic mass is 127. The van der Waals surface area contributed by atoms with Crippen LogP contribution in [0, 0.1) is 0 Å². The maximum absolute atomic E-state index is 13.9. The number of pyridine rings is 1. The Kier molecular flexibility index (Phi) is 7.85. The van der Waals surface area contributed by atoms with E-state index in [2.05, 4.69) is 60.0 Å². The second-order valence-electron chi connectivity index (χ2n) is 8.33. The molecule has 0 unspecified atom stereocenters. The molecule has 1 aliphatic heterocycles. The minimum absolute atomic E-state index is 0.0799. The SMILES string of the molecule is Nc1cc(C(F)(F)F)c(-c2cc(C3(CN(CI)CCI)CC3)nc(N3CCOCC3)n2)cn1. The van der Waals surface area contributed by atoms with Crippen LogP contribution in [0.15, 0.2) is 18.3 Å². The molecule has 1 aliphatic carbocycles. The Hall–Kier alpha value is -1.00. The lowest BCUT2D eigenvalue weighted by atomic mass is 9.98. The lowest BCUT2D eigenvalue weighted by Crippen LogP contribution is -2.38. The lowest BCUT2D eigenvalue weighted by molar-refractivity contribution is -0.137. The molecule has 0 bridgehead atoms. The van der Waals surface area contributed by atoms with Gasteiger partial charge in [-0.25, -0.2) is 15.0 Å². The van der Waals surface area contributed by atoms with E-state index in [1.54, 1.807) is 6.07 Å². The highest BCUT2D eigenvalue weighted by molar-refractivity contribution is 14.1. The van der Waals surface area contributed by atoms with E-state index in [1.807, 2.05) is 4.90 Å². The normalized spacial score (nSPS) is 18.1. The van der Waals surface area contributed by atoms with E-state index in [4.69, 9.17) is 15.5 Å². The number of nitrogens with zero attached hydrogens (tertiary/aromatic N) is 5. The number of rotatable bonds is 8. The first-order valence-electron chi connectivity index (χ1n) is 10.7. The summed E-state index contributed by atoms with van der Waals surface area (Å²) in [5.74, 6) is 0.265. The van der Waals surface area contributed by atoms with Crippen LogP contribution >= 0.6 is 45.2 Å². The van der Waals surface area contributed by atoms with E-state index >= 15 is 0 Å². The van der Waals surface area contributed by atoms with Crippen LogP contribution in [0.4, 0.5) is 24.9 Å². The molecule has 0 radical (unpaired) electrons. The highest BCUT2D eigenvalue weighted by Gasteiger charge is 2.47. The van der Waals surface area contributed by atoms with Gasteiger partial charge in [0.25, 0.3) is 0 Å². The number of nitrogens with two attached hydrogens (primary N) is 1. The quantitative estimate of drug-likeness (QED) is 0.254. The number of alkyl halides is 5. The van der Waals surface area contributed by atoms with Gasteiger partial charge in [0, 0.05) is 47.8 Å². The predicted molar refractivity (Wildman–Crippen MR) is 138 cm³/mol. The van der Waals surface area contributed by atoms with Gasteiger partial charge in [0.2, 0.25) is 5.95 Å². The fourth-order valence-electron chi connectivity index (χ4n) is 4.03. The van der Waals surface area contributed by atoms with Gasteiger partial charge in [-0.2, -0.15) is 13.2 Å². The molecule has 0 aromatic carbocycles. The number of ether oxygens (including phenoxy) is 1. The molecule has 2 aromatic rings. The van der Waals surface area contributed by atoms with Gasteiger partial charge in [-0.3, -0.25) is 4.90 Å². The molecule has 1 saturated carbocycles. The molecule has 1 saturated heterocycles. The Morgan fingerprint density at radius 2 is 1.88 bits per heavy atom. The first kappa shape index (κ1) is 25.1. The topological polar surface area (TPSA) is 80.4 Å². The van der Waals surface area contributed by atoms with Crippen LogP contribution in [-0.2, 0) is 16.3 Å². The fourth-order valence-corrected chi connectivity index (χ4v) is 5.30. The van der Waals surface area contributed by atoms with Crippen molar-refractivity contribution in [3.05, 3.63) is 29.6 Å². The zero-order valence-electron chi connectivity index (χ0n) is 17.9. The highest BCUT2D eigenvalue weighted by Crippen LogP contribution is 2.49. The largest absolute Gasteiger partial charge is 0.417 e. The number of nitrogen functional groups attached to an aromatic ring is 1. The monoisotopic (exact) mass is 688 g/mol. The van der Waals surface area contributed by atoms with Gasteiger partial charge in [-0.15, -0.1) is 0 Å². The molecule has 2 aliphatic rings. The van der Waals surface area contributed by atoms with Crippen molar-refractivity contribution in [1.82, 2.24) is 19.9 Å². The first-order chi connectivity index (χ1) is 15.8. The lowest BCUT2D eigenvalue weighted by Gasteiger charge is -2.29. The van der Waals surface area contributed by atoms with E-state index in [0.717, 1.165) is 46.7 Å². The molecule has 2 fully saturated rings. The average molecular weight is 688 g/mol. The van der Waals surface area contributed by atoms with Crippen molar-refractivity contribution in [2.75, 3.05) is 59.0 Å². The molecule has 0 spiro atoms. The summed E-state index contributed by atoms with van der Waals surface area (Å²) >= 11 is 4.72. The van der Waals surface area contributed by atoms with Crippen LogP contribution in [0.5, 0.6) is 0 Å². The summed E-state index contributed by atoms with van der Waals surface area (Å²) in [5.41, 5.74) is 5.51. The van der Waals surface area contributed by atoms with Gasteiger partial charge in [0.05, 0.1) is 34.7 Å². The summed E-state index contributed by atoms with van der Waals surface area (Å²) in [5, 5.41) is 0.